The maximum atomic E-state index is 12.8. The van der Waals surface area contributed by atoms with Gasteiger partial charge in [-0.15, -0.1) is 11.3 Å². The van der Waals surface area contributed by atoms with Gasteiger partial charge in [-0.3, -0.25) is 4.79 Å². The number of halogens is 1. The molecule has 1 N–H and O–H groups in total. The molecule has 2 aromatic rings. The van der Waals surface area contributed by atoms with E-state index in [1.54, 1.807) is 12.1 Å². The van der Waals surface area contributed by atoms with Crippen molar-refractivity contribution >= 4 is 38.9 Å². The van der Waals surface area contributed by atoms with Gasteiger partial charge in [-0.1, -0.05) is 44.0 Å². The molecule has 1 amide bonds. The van der Waals surface area contributed by atoms with Gasteiger partial charge in [-0.25, -0.2) is 8.42 Å². The molecular weight excluding hydrogens is 468 g/mol. The Morgan fingerprint density at radius 1 is 1.22 bits per heavy atom. The zero-order valence-corrected chi connectivity index (χ0v) is 20.9. The van der Waals surface area contributed by atoms with Gasteiger partial charge < -0.3 is 10.1 Å². The van der Waals surface area contributed by atoms with Gasteiger partial charge in [-0.2, -0.15) is 4.31 Å². The van der Waals surface area contributed by atoms with Gasteiger partial charge in [0.05, 0.1) is 10.9 Å². The number of hydrogen-bond acceptors (Lipinski definition) is 5. The molecule has 1 saturated heterocycles. The van der Waals surface area contributed by atoms with Gasteiger partial charge in [0.2, 0.25) is 5.91 Å². The Balaban J connectivity index is 1.45. The predicted octanol–water partition coefficient (Wildman–Crippen LogP) is 4.93. The fourth-order valence-corrected chi connectivity index (χ4v) is 6.89. The van der Waals surface area contributed by atoms with E-state index in [1.165, 1.54) is 4.31 Å². The largest absolute Gasteiger partial charge is 0.494 e. The van der Waals surface area contributed by atoms with Crippen molar-refractivity contribution < 1.29 is 17.9 Å². The summed E-state index contributed by atoms with van der Waals surface area (Å²) >= 11 is 6.97. The molecule has 32 heavy (non-hydrogen) atoms. The molecule has 3 rings (SSSR count). The number of piperidine rings is 1. The Kier molecular flexibility index (Phi) is 8.99. The minimum absolute atomic E-state index is 0.000354. The molecule has 1 unspecified atom stereocenters. The van der Waals surface area contributed by atoms with Gasteiger partial charge in [-0.05, 0) is 55.0 Å². The Bertz CT molecular complexity index is 984. The van der Waals surface area contributed by atoms with E-state index in [0.29, 0.717) is 43.4 Å². The van der Waals surface area contributed by atoms with E-state index < -0.39 is 10.0 Å². The van der Waals surface area contributed by atoms with Crippen molar-refractivity contribution in [2.45, 2.75) is 50.3 Å². The fraction of sp³-hybridized carbons (Fsp3) is 0.522. The number of carbonyl (C=O) groups is 1. The molecule has 0 bridgehead atoms. The highest BCUT2D eigenvalue weighted by molar-refractivity contribution is 7.91. The van der Waals surface area contributed by atoms with Crippen molar-refractivity contribution in [2.24, 2.45) is 11.8 Å². The predicted molar refractivity (Wildman–Crippen MR) is 129 cm³/mol. The van der Waals surface area contributed by atoms with Crippen LogP contribution in [-0.2, 0) is 21.4 Å². The van der Waals surface area contributed by atoms with Gasteiger partial charge >= 0.3 is 0 Å². The first kappa shape index (κ1) is 25.0. The van der Waals surface area contributed by atoms with Crippen LogP contribution in [0, 0.1) is 11.8 Å². The molecule has 1 fully saturated rings. The van der Waals surface area contributed by atoms with Crippen molar-refractivity contribution in [3.05, 3.63) is 46.3 Å². The molecule has 1 aliphatic heterocycles. The highest BCUT2D eigenvalue weighted by atomic mass is 35.5. The topological polar surface area (TPSA) is 75.7 Å². The molecule has 176 valence electrons. The molecule has 2 heterocycles. The lowest BCUT2D eigenvalue weighted by atomic mass is 9.85. The average Bonchev–Trinajstić information content (AvgIpc) is 3.25. The first-order valence-corrected chi connectivity index (χ1v) is 13.7. The minimum atomic E-state index is -3.51. The van der Waals surface area contributed by atoms with Crippen LogP contribution in [0.15, 0.2) is 40.6 Å². The third-order valence-electron chi connectivity index (χ3n) is 5.92. The highest BCUT2D eigenvalue weighted by Gasteiger charge is 2.34. The Morgan fingerprint density at radius 2 is 1.91 bits per heavy atom. The second-order valence-corrected chi connectivity index (χ2v) is 12.0. The van der Waals surface area contributed by atoms with Crippen LogP contribution in [-0.4, -0.2) is 38.3 Å². The standard InChI is InChI=1S/C23H31ClN2O4S2/c1-3-4-15-30-20-7-5-18(6-8-20)16-25-23(27)17(2)19-11-13-26(14-12-19)32(28,29)22-10-9-21(24)31-22/h5-10,17,19H,3-4,11-16H2,1-2H3,(H,25,27). The zero-order valence-electron chi connectivity index (χ0n) is 18.6. The van der Waals surface area contributed by atoms with Crippen LogP contribution in [0.2, 0.25) is 4.34 Å². The normalized spacial score (nSPS) is 16.6. The van der Waals surface area contributed by atoms with Crippen LogP contribution in [0.4, 0.5) is 0 Å². The number of amides is 1. The number of thiophene rings is 1. The van der Waals surface area contributed by atoms with E-state index >= 15 is 0 Å². The van der Waals surface area contributed by atoms with Crippen LogP contribution >= 0.6 is 22.9 Å². The first-order chi connectivity index (χ1) is 15.3. The number of ether oxygens (including phenoxy) is 1. The maximum Gasteiger partial charge on any atom is 0.252 e. The van der Waals surface area contributed by atoms with E-state index in [0.717, 1.165) is 35.5 Å². The van der Waals surface area contributed by atoms with Crippen LogP contribution in [0.5, 0.6) is 5.75 Å². The van der Waals surface area contributed by atoms with Crippen molar-refractivity contribution in [3.8, 4) is 5.75 Å². The lowest BCUT2D eigenvalue weighted by Gasteiger charge is -2.33. The van der Waals surface area contributed by atoms with Gasteiger partial charge in [0.15, 0.2) is 0 Å². The number of carbonyl (C=O) groups excluding carboxylic acids is 1. The molecule has 1 aliphatic rings. The van der Waals surface area contributed by atoms with E-state index in [1.807, 2.05) is 31.2 Å². The van der Waals surface area contributed by atoms with E-state index in [2.05, 4.69) is 12.2 Å². The number of benzene rings is 1. The number of nitrogens with one attached hydrogen (secondary N) is 1. The number of sulfonamides is 1. The molecule has 6 nitrogen and oxygen atoms in total. The quantitative estimate of drug-likeness (QED) is 0.471. The number of hydrogen-bond donors (Lipinski definition) is 1. The number of rotatable bonds is 10. The van der Waals surface area contributed by atoms with Crippen LogP contribution < -0.4 is 10.1 Å². The minimum Gasteiger partial charge on any atom is -0.494 e. The smallest absolute Gasteiger partial charge is 0.252 e. The molecule has 1 aromatic carbocycles. The molecule has 0 spiro atoms. The first-order valence-electron chi connectivity index (χ1n) is 11.1. The van der Waals surface area contributed by atoms with Crippen molar-refractivity contribution in [1.82, 2.24) is 9.62 Å². The summed E-state index contributed by atoms with van der Waals surface area (Å²) in [4.78, 5) is 12.7. The second kappa shape index (κ2) is 11.5. The average molecular weight is 499 g/mol. The summed E-state index contributed by atoms with van der Waals surface area (Å²) in [5.41, 5.74) is 1.02. The lowest BCUT2D eigenvalue weighted by Crippen LogP contribution is -2.42. The zero-order chi connectivity index (χ0) is 23.1. The monoisotopic (exact) mass is 498 g/mol. The van der Waals surface area contributed by atoms with Gasteiger partial charge in [0, 0.05) is 25.6 Å². The molecular formula is C23H31ClN2O4S2. The van der Waals surface area contributed by atoms with Gasteiger partial charge in [0.1, 0.15) is 9.96 Å². The van der Waals surface area contributed by atoms with Crippen molar-refractivity contribution in [3.63, 3.8) is 0 Å². The van der Waals surface area contributed by atoms with Crippen molar-refractivity contribution in [2.75, 3.05) is 19.7 Å². The summed E-state index contributed by atoms with van der Waals surface area (Å²) < 4.78 is 33.4. The molecule has 9 heteroatoms. The number of unbranched alkanes of at least 4 members (excludes halogenated alkanes) is 1. The highest BCUT2D eigenvalue weighted by Crippen LogP contribution is 2.32. The third kappa shape index (κ3) is 6.47. The van der Waals surface area contributed by atoms with E-state index in [4.69, 9.17) is 16.3 Å². The fourth-order valence-electron chi connectivity index (χ4n) is 3.78. The van der Waals surface area contributed by atoms with E-state index in [-0.39, 0.29) is 22.0 Å². The Hall–Kier alpha value is -1.61. The van der Waals surface area contributed by atoms with Crippen LogP contribution in [0.25, 0.3) is 0 Å². The summed E-state index contributed by atoms with van der Waals surface area (Å²) in [6, 6.07) is 10.9. The van der Waals surface area contributed by atoms with Crippen LogP contribution in [0.1, 0.15) is 45.1 Å². The second-order valence-electron chi connectivity index (χ2n) is 8.15. The summed E-state index contributed by atoms with van der Waals surface area (Å²) in [5, 5.41) is 3.01. The summed E-state index contributed by atoms with van der Waals surface area (Å²) in [5.74, 6) is 0.823. The molecule has 1 aromatic heterocycles. The Labute approximate surface area is 200 Å². The molecule has 1 atom stereocenters. The Morgan fingerprint density at radius 3 is 2.50 bits per heavy atom. The third-order valence-corrected chi connectivity index (χ3v) is 9.52. The van der Waals surface area contributed by atoms with E-state index in [9.17, 15) is 13.2 Å². The molecule has 0 saturated carbocycles. The molecule has 0 aliphatic carbocycles. The number of nitrogens with zero attached hydrogens (tertiary/aromatic N) is 1. The summed E-state index contributed by atoms with van der Waals surface area (Å²) in [6.45, 7) is 6.06. The summed E-state index contributed by atoms with van der Waals surface area (Å²) in [6.07, 6.45) is 3.46. The maximum absolute atomic E-state index is 12.8. The van der Waals surface area contributed by atoms with Crippen LogP contribution in [0.3, 0.4) is 0 Å². The lowest BCUT2D eigenvalue weighted by molar-refractivity contribution is -0.126. The van der Waals surface area contributed by atoms with Crippen molar-refractivity contribution in [1.29, 1.82) is 0 Å². The SMILES string of the molecule is CCCCOc1ccc(CNC(=O)C(C)C2CCN(S(=O)(=O)c3ccc(Cl)s3)CC2)cc1. The van der Waals surface area contributed by atoms with Gasteiger partial charge in [0.25, 0.3) is 10.0 Å². The molecule has 0 radical (unpaired) electrons. The summed E-state index contributed by atoms with van der Waals surface area (Å²) in [7, 11) is -3.51.